The Balaban J connectivity index is 0.668. The van der Waals surface area contributed by atoms with Gasteiger partial charge in [0, 0.05) is 54.6 Å². The molecule has 0 saturated carbocycles. The van der Waals surface area contributed by atoms with Crippen LogP contribution in [0, 0.1) is 0 Å². The molecule has 123 heavy (non-hydrogen) atoms. The smallest absolute Gasteiger partial charge is 0.143 e. The summed E-state index contributed by atoms with van der Waals surface area (Å²) >= 11 is 0. The van der Waals surface area contributed by atoms with Crippen LogP contribution in [0.2, 0.25) is 0 Å². The monoisotopic (exact) mass is 1560 g/mol. The minimum atomic E-state index is -0.715. The van der Waals surface area contributed by atoms with E-state index in [-0.39, 0.29) is 16.7 Å². The van der Waals surface area contributed by atoms with E-state index in [9.17, 15) is 0 Å². The molecule has 0 saturated heterocycles. The fourth-order valence-electron chi connectivity index (χ4n) is 26.2. The van der Waals surface area contributed by atoms with Gasteiger partial charge in [0.15, 0.2) is 0 Å². The van der Waals surface area contributed by atoms with Gasteiger partial charge in [0.05, 0.1) is 16.2 Å². The molecule has 3 aromatic heterocycles. The lowest BCUT2D eigenvalue weighted by atomic mass is 9.68. The van der Waals surface area contributed by atoms with E-state index in [0.29, 0.717) is 0 Å². The van der Waals surface area contributed by atoms with E-state index in [1.54, 1.807) is 0 Å². The summed E-state index contributed by atoms with van der Waals surface area (Å²) in [5, 5.41) is 7.00. The van der Waals surface area contributed by atoms with Crippen LogP contribution in [0.3, 0.4) is 0 Å². The molecule has 0 N–H and O–H groups in total. The SMILES string of the molecule is CC1(C)c2cc(CCC(c3ccc4c(c3)C3(c5ccccc5-c5ccccc53)c3cc5c(cc3-4)C3(c4ccccc4-c4ccccc43)c3ccc4oc6ccccc6c4c3-5)c3ccc4c(c3)C3(c5ccccc5-c5ccccc53)c3cc(-c5ccccc5)c5oc6ccccc6c5c3-4)ccc2-c2cc3c(cc21)-c1c(ccc2oc4ccccc4c12)C3(C)C. The van der Waals surface area contributed by atoms with Crippen LogP contribution in [-0.4, -0.2) is 0 Å². The predicted octanol–water partition coefficient (Wildman–Crippen LogP) is 30.5. The van der Waals surface area contributed by atoms with Crippen molar-refractivity contribution in [2.24, 2.45) is 0 Å². The van der Waals surface area contributed by atoms with Crippen molar-refractivity contribution in [1.82, 2.24) is 0 Å². The molecular formula is C120H76O3. The molecule has 3 heterocycles. The van der Waals surface area contributed by atoms with Crippen LogP contribution < -0.4 is 0 Å². The van der Waals surface area contributed by atoms with Gasteiger partial charge >= 0.3 is 0 Å². The largest absolute Gasteiger partial charge is 0.456 e. The van der Waals surface area contributed by atoms with Crippen LogP contribution >= 0.6 is 0 Å². The summed E-state index contributed by atoms with van der Waals surface area (Å²) in [4.78, 5) is 0. The second-order valence-electron chi connectivity index (χ2n) is 37.2. The fourth-order valence-corrected chi connectivity index (χ4v) is 26.2. The Morgan fingerprint density at radius 2 is 0.569 bits per heavy atom. The van der Waals surface area contributed by atoms with E-state index in [2.05, 4.69) is 386 Å². The Kier molecular flexibility index (Phi) is 12.6. The first-order chi connectivity index (χ1) is 60.5. The van der Waals surface area contributed by atoms with Crippen LogP contribution in [0.4, 0.5) is 0 Å². The van der Waals surface area contributed by atoms with Crippen molar-refractivity contribution in [2.75, 3.05) is 0 Å². The fraction of sp³-hybridized carbons (Fsp3) is 0.100. The first kappa shape index (κ1) is 67.2. The van der Waals surface area contributed by atoms with E-state index in [1.807, 2.05) is 0 Å². The molecule has 0 bridgehead atoms. The second kappa shape index (κ2) is 23.1. The van der Waals surface area contributed by atoms with Gasteiger partial charge in [0.2, 0.25) is 0 Å². The summed E-state index contributed by atoms with van der Waals surface area (Å²) in [5.41, 5.74) is 51.1. The van der Waals surface area contributed by atoms with Crippen molar-refractivity contribution in [3.63, 3.8) is 0 Å². The third kappa shape index (κ3) is 7.98. The number of aryl methyl sites for hydroxylation is 1. The van der Waals surface area contributed by atoms with Crippen LogP contribution in [-0.2, 0) is 33.5 Å². The first-order valence-corrected chi connectivity index (χ1v) is 43.8. The van der Waals surface area contributed by atoms with Crippen LogP contribution in [0.15, 0.2) is 371 Å². The van der Waals surface area contributed by atoms with Crippen LogP contribution in [0.5, 0.6) is 0 Å². The Bertz CT molecular complexity index is 8330. The molecular weight excluding hydrogens is 1490 g/mol. The highest BCUT2D eigenvalue weighted by atomic mass is 16.3. The van der Waals surface area contributed by atoms with Gasteiger partial charge in [-0.25, -0.2) is 0 Å². The molecule has 0 fully saturated rings. The van der Waals surface area contributed by atoms with Crippen LogP contribution in [0.25, 0.3) is 166 Å². The van der Waals surface area contributed by atoms with Crippen molar-refractivity contribution in [3.8, 4) is 100 Å². The number of hydrogen-bond acceptors (Lipinski definition) is 3. The third-order valence-corrected chi connectivity index (χ3v) is 31.2. The van der Waals surface area contributed by atoms with Gasteiger partial charge in [0.25, 0.3) is 0 Å². The average Bonchev–Trinajstić information content (AvgIpc) is 1.49. The van der Waals surface area contributed by atoms with Gasteiger partial charge in [0.1, 0.15) is 33.5 Å². The minimum Gasteiger partial charge on any atom is -0.456 e. The summed E-state index contributed by atoms with van der Waals surface area (Å²) in [6.07, 6.45) is 1.68. The summed E-state index contributed by atoms with van der Waals surface area (Å²) in [6.45, 7) is 9.79. The van der Waals surface area contributed by atoms with E-state index in [1.165, 1.54) is 216 Å². The Morgan fingerprint density at radius 3 is 1.14 bits per heavy atom. The van der Waals surface area contributed by atoms with E-state index < -0.39 is 16.2 Å². The molecule has 1 atom stereocenters. The van der Waals surface area contributed by atoms with Crippen LogP contribution in [0.1, 0.15) is 146 Å². The molecule has 3 nitrogen and oxygen atoms in total. The van der Waals surface area contributed by atoms with Gasteiger partial charge in [-0.3, -0.25) is 0 Å². The van der Waals surface area contributed by atoms with E-state index in [4.69, 9.17) is 13.3 Å². The van der Waals surface area contributed by atoms with E-state index >= 15 is 0 Å². The highest BCUT2D eigenvalue weighted by Gasteiger charge is 2.59. The first-order valence-electron chi connectivity index (χ1n) is 43.8. The highest BCUT2D eigenvalue weighted by Crippen LogP contribution is 2.72. The number of rotatable bonds is 6. The normalized spacial score (nSPS) is 15.8. The zero-order valence-electron chi connectivity index (χ0n) is 68.3. The molecule has 574 valence electrons. The van der Waals surface area contributed by atoms with Crippen molar-refractivity contribution >= 4 is 65.8 Å². The molecule has 18 aromatic carbocycles. The van der Waals surface area contributed by atoms with Gasteiger partial charge in [-0.15, -0.1) is 0 Å². The summed E-state index contributed by atoms with van der Waals surface area (Å²) in [7, 11) is 0. The molecule has 8 aliphatic carbocycles. The number of fused-ring (bicyclic) bond motifs is 48. The third-order valence-electron chi connectivity index (χ3n) is 31.2. The molecule has 1 unspecified atom stereocenters. The average molecular weight is 1570 g/mol. The van der Waals surface area contributed by atoms with Crippen molar-refractivity contribution in [3.05, 3.63) is 464 Å². The lowest BCUT2D eigenvalue weighted by molar-refractivity contribution is 0.649. The summed E-state index contributed by atoms with van der Waals surface area (Å²) in [5.74, 6) is -0.0931. The molecule has 21 aromatic rings. The second-order valence-corrected chi connectivity index (χ2v) is 37.2. The Labute approximate surface area is 711 Å². The van der Waals surface area contributed by atoms with Crippen molar-refractivity contribution in [1.29, 1.82) is 0 Å². The van der Waals surface area contributed by atoms with Gasteiger partial charge in [-0.1, -0.05) is 325 Å². The van der Waals surface area contributed by atoms with Gasteiger partial charge < -0.3 is 13.3 Å². The molecule has 0 radical (unpaired) electrons. The number of benzene rings is 18. The molecule has 0 aliphatic heterocycles. The zero-order chi connectivity index (χ0) is 80.6. The standard InChI is InChI=1S/C120H76O3/c1-116(2)94-54-56-107-112(80-34-14-23-43-104(80)121-107)110(94)86-64-97-84(62-98(86)116)77-51-47-66(58-96(77)117(97,3)4)46-50-70(69-49-53-79-100(60-69)120(92-41-21-12-32-75(92)76-33-13-22-42-93(76)120)103-61-83(67-26-6-5-7-27-67)115-114(109(79)103)82-36-16-25-45-106(82)123-115)68-48-52-78-85-63-102-87(65-101(85)119(99(78)59-68)90-39-19-10-30-73(90)74-31-11-20-40-91(74)119)111-95(55-57-108-113(111)81-35-15-24-44-105(81)122-108)118(102)88-37-17-8-28-71(88)72-29-9-18-38-89(72)118/h5-45,47-49,51-65,70H,46,50H2,1-4H3. The maximum absolute atomic E-state index is 7.24. The Morgan fingerprint density at radius 1 is 0.220 bits per heavy atom. The van der Waals surface area contributed by atoms with Gasteiger partial charge in [-0.05, 0) is 274 Å². The molecule has 8 aliphatic rings. The topological polar surface area (TPSA) is 39.4 Å². The maximum Gasteiger partial charge on any atom is 0.143 e. The zero-order valence-corrected chi connectivity index (χ0v) is 68.3. The van der Waals surface area contributed by atoms with Crippen molar-refractivity contribution in [2.45, 2.75) is 73.5 Å². The molecule has 3 heteroatoms. The Hall–Kier alpha value is -14.6. The lowest BCUT2D eigenvalue weighted by Crippen LogP contribution is -2.27. The summed E-state index contributed by atoms with van der Waals surface area (Å²) in [6, 6.07) is 138. The number of para-hydroxylation sites is 3. The van der Waals surface area contributed by atoms with Crippen molar-refractivity contribution < 1.29 is 13.3 Å². The molecule has 3 spiro atoms. The predicted molar refractivity (Wildman–Crippen MR) is 501 cm³/mol. The number of furan rings is 3. The quantitative estimate of drug-likeness (QED) is 0.167. The summed E-state index contributed by atoms with van der Waals surface area (Å²) < 4.78 is 20.8. The minimum absolute atomic E-state index is 0.0931. The maximum atomic E-state index is 7.24. The lowest BCUT2D eigenvalue weighted by Gasteiger charge is -2.33. The highest BCUT2D eigenvalue weighted by molar-refractivity contribution is 6.21. The number of hydrogen-bond donors (Lipinski definition) is 0. The van der Waals surface area contributed by atoms with E-state index in [0.717, 1.165) is 68.2 Å². The molecule has 0 amide bonds. The molecule has 29 rings (SSSR count). The van der Waals surface area contributed by atoms with Gasteiger partial charge in [-0.2, -0.15) is 0 Å².